The number of rotatable bonds is 6. The molecule has 0 unspecified atom stereocenters. The molecule has 0 radical (unpaired) electrons. The Hall–Kier alpha value is -2.86. The van der Waals surface area contributed by atoms with Crippen molar-refractivity contribution < 1.29 is 9.53 Å². The molecular weight excluding hydrogens is 358 g/mol. The van der Waals surface area contributed by atoms with Crippen molar-refractivity contribution in [2.24, 2.45) is 0 Å². The van der Waals surface area contributed by atoms with Gasteiger partial charge in [-0.15, -0.1) is 11.8 Å². The van der Waals surface area contributed by atoms with Gasteiger partial charge in [0, 0.05) is 29.3 Å². The van der Waals surface area contributed by atoms with Crippen LogP contribution in [0.1, 0.15) is 5.56 Å². The second-order valence-corrected chi connectivity index (χ2v) is 7.31. The van der Waals surface area contributed by atoms with Gasteiger partial charge in [-0.1, -0.05) is 18.2 Å². The molecular formula is C21H19N3O2S. The summed E-state index contributed by atoms with van der Waals surface area (Å²) in [5.41, 5.74) is 3.00. The summed E-state index contributed by atoms with van der Waals surface area (Å²) >= 11 is 1.53. The molecule has 6 heteroatoms. The van der Waals surface area contributed by atoms with E-state index in [2.05, 4.69) is 21.4 Å². The quantitative estimate of drug-likeness (QED) is 0.668. The Morgan fingerprint density at radius 2 is 2.07 bits per heavy atom. The molecule has 2 aromatic carbocycles. The molecule has 1 aliphatic heterocycles. The van der Waals surface area contributed by atoms with E-state index in [0.29, 0.717) is 12.3 Å². The summed E-state index contributed by atoms with van der Waals surface area (Å²) in [5.74, 6) is 1.30. The molecule has 2 heterocycles. The highest BCUT2D eigenvalue weighted by atomic mass is 32.2. The largest absolute Gasteiger partial charge is 0.488 e. The highest BCUT2D eigenvalue weighted by Crippen LogP contribution is 2.32. The van der Waals surface area contributed by atoms with Crippen LogP contribution >= 0.6 is 11.8 Å². The summed E-state index contributed by atoms with van der Waals surface area (Å²) in [6.45, 7) is 0.503. The molecule has 1 aliphatic rings. The minimum atomic E-state index is -0.0391. The van der Waals surface area contributed by atoms with Gasteiger partial charge in [-0.3, -0.25) is 14.8 Å². The normalized spacial score (nSPS) is 15.0. The van der Waals surface area contributed by atoms with Gasteiger partial charge in [-0.2, -0.15) is 0 Å². The number of aromatic nitrogens is 2. The molecule has 4 rings (SSSR count). The summed E-state index contributed by atoms with van der Waals surface area (Å²) in [4.78, 5) is 21.6. The fraction of sp³-hybridized carbons (Fsp3) is 0.190. The third-order valence-corrected chi connectivity index (χ3v) is 5.31. The van der Waals surface area contributed by atoms with Crippen molar-refractivity contribution in [3.8, 4) is 17.0 Å². The maximum atomic E-state index is 12.1. The minimum Gasteiger partial charge on any atom is -0.488 e. The smallest absolute Gasteiger partial charge is 0.230 e. The lowest BCUT2D eigenvalue weighted by atomic mass is 10.0. The van der Waals surface area contributed by atoms with Gasteiger partial charge in [-0.25, -0.2) is 0 Å². The van der Waals surface area contributed by atoms with Gasteiger partial charge in [0.05, 0.1) is 24.2 Å². The third-order valence-electron chi connectivity index (χ3n) is 4.30. The van der Waals surface area contributed by atoms with E-state index in [1.54, 1.807) is 18.6 Å². The number of hydrogen-bond donors (Lipinski definition) is 1. The standard InChI is InChI=1S/C21H19N3O2S/c25-21(14-27-18-4-2-1-3-5-18)24-12-17-11-16-10-15(6-7-20(16)26-17)19-13-22-8-9-23-19/h1-10,13,17H,11-12,14H2,(H,24,25)/t17-/m0/s1. The van der Waals surface area contributed by atoms with E-state index in [1.165, 1.54) is 11.8 Å². The van der Waals surface area contributed by atoms with Gasteiger partial charge in [0.1, 0.15) is 11.9 Å². The first-order chi connectivity index (χ1) is 13.3. The zero-order valence-corrected chi connectivity index (χ0v) is 15.5. The van der Waals surface area contributed by atoms with E-state index < -0.39 is 0 Å². The number of carbonyl (C=O) groups is 1. The number of ether oxygens (including phenoxy) is 1. The molecule has 0 fully saturated rings. The van der Waals surface area contributed by atoms with Crippen LogP contribution in [-0.2, 0) is 11.2 Å². The number of carbonyl (C=O) groups excluding carboxylic acids is 1. The Kier molecular flexibility index (Phi) is 5.34. The highest BCUT2D eigenvalue weighted by Gasteiger charge is 2.23. The first kappa shape index (κ1) is 17.5. The fourth-order valence-corrected chi connectivity index (χ4v) is 3.74. The second-order valence-electron chi connectivity index (χ2n) is 6.26. The van der Waals surface area contributed by atoms with E-state index in [0.717, 1.165) is 33.9 Å². The van der Waals surface area contributed by atoms with Crippen LogP contribution < -0.4 is 10.1 Å². The first-order valence-corrected chi connectivity index (χ1v) is 9.77. The summed E-state index contributed by atoms with van der Waals surface area (Å²) in [5, 5.41) is 2.97. The van der Waals surface area contributed by atoms with Crippen molar-refractivity contribution >= 4 is 17.7 Å². The van der Waals surface area contributed by atoms with E-state index in [-0.39, 0.29) is 12.0 Å². The lowest BCUT2D eigenvalue weighted by Gasteiger charge is -2.11. The van der Waals surface area contributed by atoms with Gasteiger partial charge in [-0.05, 0) is 35.9 Å². The number of hydrogen-bond acceptors (Lipinski definition) is 5. The summed E-state index contributed by atoms with van der Waals surface area (Å²) in [7, 11) is 0. The highest BCUT2D eigenvalue weighted by molar-refractivity contribution is 8.00. The number of fused-ring (bicyclic) bond motifs is 1. The SMILES string of the molecule is O=C(CSc1ccccc1)NC[C@@H]1Cc2cc(-c3cnccn3)ccc2O1. The summed E-state index contributed by atoms with van der Waals surface area (Å²) in [6.07, 6.45) is 5.83. The maximum absolute atomic E-state index is 12.1. The van der Waals surface area contributed by atoms with E-state index in [9.17, 15) is 4.79 Å². The van der Waals surface area contributed by atoms with Crippen LogP contribution in [0.2, 0.25) is 0 Å². The molecule has 27 heavy (non-hydrogen) atoms. The van der Waals surface area contributed by atoms with Gasteiger partial charge in [0.2, 0.25) is 5.91 Å². The zero-order chi connectivity index (χ0) is 18.5. The van der Waals surface area contributed by atoms with Crippen LogP contribution in [0.5, 0.6) is 5.75 Å². The molecule has 0 aliphatic carbocycles. The van der Waals surface area contributed by atoms with Gasteiger partial charge in [0.25, 0.3) is 0 Å². The van der Waals surface area contributed by atoms with Crippen LogP contribution in [0.25, 0.3) is 11.3 Å². The Balaban J connectivity index is 1.29. The van der Waals surface area contributed by atoms with Crippen molar-refractivity contribution in [3.63, 3.8) is 0 Å². The Bertz CT molecular complexity index is 919. The molecule has 3 aromatic rings. The summed E-state index contributed by atoms with van der Waals surface area (Å²) in [6, 6.07) is 16.0. The zero-order valence-electron chi connectivity index (χ0n) is 14.7. The molecule has 1 N–H and O–H groups in total. The second kappa shape index (κ2) is 8.22. The van der Waals surface area contributed by atoms with Crippen molar-refractivity contribution in [3.05, 3.63) is 72.7 Å². The number of nitrogens with one attached hydrogen (secondary N) is 1. The molecule has 0 saturated carbocycles. The fourth-order valence-electron chi connectivity index (χ4n) is 2.99. The van der Waals surface area contributed by atoms with Crippen molar-refractivity contribution in [1.29, 1.82) is 0 Å². The van der Waals surface area contributed by atoms with Crippen LogP contribution in [0.15, 0.2) is 72.0 Å². The van der Waals surface area contributed by atoms with E-state index in [4.69, 9.17) is 4.74 Å². The first-order valence-electron chi connectivity index (χ1n) is 8.78. The van der Waals surface area contributed by atoms with Crippen LogP contribution in [0.4, 0.5) is 0 Å². The lowest BCUT2D eigenvalue weighted by molar-refractivity contribution is -0.118. The maximum Gasteiger partial charge on any atom is 0.230 e. The van der Waals surface area contributed by atoms with Crippen LogP contribution in [-0.4, -0.2) is 34.3 Å². The van der Waals surface area contributed by atoms with E-state index in [1.807, 2.05) is 42.5 Å². The molecule has 5 nitrogen and oxygen atoms in total. The summed E-state index contributed by atoms with van der Waals surface area (Å²) < 4.78 is 5.95. The molecule has 136 valence electrons. The number of nitrogens with zero attached hydrogens (tertiary/aromatic N) is 2. The Morgan fingerprint density at radius 3 is 2.89 bits per heavy atom. The molecule has 0 bridgehead atoms. The predicted molar refractivity (Wildman–Crippen MR) is 106 cm³/mol. The average Bonchev–Trinajstić information content (AvgIpc) is 3.14. The molecule has 0 spiro atoms. The Labute approximate surface area is 162 Å². The number of benzene rings is 2. The van der Waals surface area contributed by atoms with Crippen molar-refractivity contribution in [1.82, 2.24) is 15.3 Å². The van der Waals surface area contributed by atoms with Gasteiger partial charge < -0.3 is 10.1 Å². The predicted octanol–water partition coefficient (Wildman–Crippen LogP) is 3.36. The topological polar surface area (TPSA) is 64.1 Å². The lowest BCUT2D eigenvalue weighted by Crippen LogP contribution is -2.35. The monoisotopic (exact) mass is 377 g/mol. The number of amides is 1. The Morgan fingerprint density at radius 1 is 1.19 bits per heavy atom. The third kappa shape index (κ3) is 4.46. The van der Waals surface area contributed by atoms with Crippen molar-refractivity contribution in [2.45, 2.75) is 17.4 Å². The van der Waals surface area contributed by atoms with Gasteiger partial charge >= 0.3 is 0 Å². The van der Waals surface area contributed by atoms with Crippen molar-refractivity contribution in [2.75, 3.05) is 12.3 Å². The number of thioether (sulfide) groups is 1. The van der Waals surface area contributed by atoms with Crippen LogP contribution in [0, 0.1) is 0 Å². The minimum absolute atomic E-state index is 0.0173. The molecule has 1 amide bonds. The molecule has 0 saturated heterocycles. The van der Waals surface area contributed by atoms with Gasteiger partial charge in [0.15, 0.2) is 0 Å². The van der Waals surface area contributed by atoms with Crippen LogP contribution in [0.3, 0.4) is 0 Å². The molecule has 1 aromatic heterocycles. The molecule has 1 atom stereocenters. The average molecular weight is 377 g/mol. The van der Waals surface area contributed by atoms with E-state index >= 15 is 0 Å².